The third kappa shape index (κ3) is 2.23. The first kappa shape index (κ1) is 11.5. The van der Waals surface area contributed by atoms with Crippen LogP contribution in [0.3, 0.4) is 0 Å². The molecule has 0 unspecified atom stereocenters. The van der Waals surface area contributed by atoms with Gasteiger partial charge in [-0.1, -0.05) is 24.3 Å². The minimum Gasteiger partial charge on any atom is -0.397 e. The lowest BCUT2D eigenvalue weighted by atomic mass is 10.1. The van der Waals surface area contributed by atoms with Crippen molar-refractivity contribution in [3.05, 3.63) is 53.3 Å². The first-order chi connectivity index (χ1) is 8.09. The molecule has 0 aromatic heterocycles. The predicted molar refractivity (Wildman–Crippen MR) is 70.0 cm³/mol. The Morgan fingerprint density at radius 3 is 2.24 bits per heavy atom. The molecular formula is C14H15FN2. The van der Waals surface area contributed by atoms with Crippen LogP contribution in [0.1, 0.15) is 11.1 Å². The van der Waals surface area contributed by atoms with Crippen LogP contribution in [0.25, 0.3) is 0 Å². The Kier molecular flexibility index (Phi) is 3.00. The van der Waals surface area contributed by atoms with Gasteiger partial charge in [0.05, 0.1) is 17.1 Å². The normalized spacial score (nSPS) is 10.3. The number of nitrogen functional groups attached to an aromatic ring is 1. The van der Waals surface area contributed by atoms with Crippen molar-refractivity contribution in [2.24, 2.45) is 0 Å². The van der Waals surface area contributed by atoms with Crippen molar-refractivity contribution in [1.29, 1.82) is 0 Å². The first-order valence-electron chi connectivity index (χ1n) is 5.47. The second-order valence-electron chi connectivity index (χ2n) is 4.10. The summed E-state index contributed by atoms with van der Waals surface area (Å²) >= 11 is 0. The number of hydrogen-bond donors (Lipinski definition) is 2. The van der Waals surface area contributed by atoms with E-state index in [1.54, 1.807) is 19.1 Å². The molecule has 3 heteroatoms. The van der Waals surface area contributed by atoms with Crippen LogP contribution in [-0.2, 0) is 0 Å². The van der Waals surface area contributed by atoms with Gasteiger partial charge in [0.25, 0.3) is 0 Å². The fourth-order valence-corrected chi connectivity index (χ4v) is 1.68. The lowest BCUT2D eigenvalue weighted by Crippen LogP contribution is -2.00. The van der Waals surface area contributed by atoms with Gasteiger partial charge in [0, 0.05) is 0 Å². The average Bonchev–Trinajstić information content (AvgIpc) is 2.31. The van der Waals surface area contributed by atoms with E-state index >= 15 is 0 Å². The minimum absolute atomic E-state index is 0.242. The topological polar surface area (TPSA) is 38.0 Å². The molecule has 0 amide bonds. The molecule has 0 saturated carbocycles. The molecule has 0 spiro atoms. The fourth-order valence-electron chi connectivity index (χ4n) is 1.68. The number of benzene rings is 2. The van der Waals surface area contributed by atoms with E-state index in [-0.39, 0.29) is 5.82 Å². The summed E-state index contributed by atoms with van der Waals surface area (Å²) in [6.07, 6.45) is 0. The zero-order chi connectivity index (χ0) is 12.4. The van der Waals surface area contributed by atoms with E-state index in [1.165, 1.54) is 0 Å². The molecule has 0 bridgehead atoms. The Morgan fingerprint density at radius 1 is 0.941 bits per heavy atom. The number of nitrogens with two attached hydrogens (primary N) is 1. The summed E-state index contributed by atoms with van der Waals surface area (Å²) in [5.41, 5.74) is 9.35. The van der Waals surface area contributed by atoms with Gasteiger partial charge in [-0.05, 0) is 37.1 Å². The Balaban J connectivity index is 2.38. The minimum atomic E-state index is -0.242. The standard InChI is InChI=1S/C14H15FN2/c1-9-5-3-7-11(13(9)15)17-12-8-4-6-10(2)14(12)16/h3-8,17H,16H2,1-2H3. The van der Waals surface area contributed by atoms with Crippen molar-refractivity contribution in [2.45, 2.75) is 13.8 Å². The van der Waals surface area contributed by atoms with E-state index in [0.717, 1.165) is 11.3 Å². The molecular weight excluding hydrogens is 215 g/mol. The van der Waals surface area contributed by atoms with Gasteiger partial charge in [-0.15, -0.1) is 0 Å². The highest BCUT2D eigenvalue weighted by molar-refractivity contribution is 5.75. The number of rotatable bonds is 2. The van der Waals surface area contributed by atoms with E-state index in [0.29, 0.717) is 16.9 Å². The molecule has 2 rings (SSSR count). The van der Waals surface area contributed by atoms with Gasteiger partial charge in [0.15, 0.2) is 0 Å². The molecule has 17 heavy (non-hydrogen) atoms. The van der Waals surface area contributed by atoms with Crippen LogP contribution >= 0.6 is 0 Å². The van der Waals surface area contributed by atoms with Crippen molar-refractivity contribution >= 4 is 17.1 Å². The van der Waals surface area contributed by atoms with Gasteiger partial charge in [-0.3, -0.25) is 0 Å². The molecule has 0 aliphatic rings. The van der Waals surface area contributed by atoms with Crippen molar-refractivity contribution in [1.82, 2.24) is 0 Å². The summed E-state index contributed by atoms with van der Waals surface area (Å²) in [6, 6.07) is 10.9. The van der Waals surface area contributed by atoms with Gasteiger partial charge < -0.3 is 11.1 Å². The Hall–Kier alpha value is -2.03. The van der Waals surface area contributed by atoms with Crippen molar-refractivity contribution in [3.8, 4) is 0 Å². The number of anilines is 3. The molecule has 0 fully saturated rings. The molecule has 2 nitrogen and oxygen atoms in total. The van der Waals surface area contributed by atoms with E-state index < -0.39 is 0 Å². The van der Waals surface area contributed by atoms with Crippen molar-refractivity contribution in [3.63, 3.8) is 0 Å². The molecule has 2 aromatic carbocycles. The SMILES string of the molecule is Cc1cccc(Nc2cccc(C)c2F)c1N. The molecule has 0 atom stereocenters. The molecule has 0 radical (unpaired) electrons. The maximum absolute atomic E-state index is 13.8. The third-order valence-corrected chi connectivity index (χ3v) is 2.79. The van der Waals surface area contributed by atoms with Crippen LogP contribution in [-0.4, -0.2) is 0 Å². The molecule has 3 N–H and O–H groups in total. The Labute approximate surface area is 100 Å². The van der Waals surface area contributed by atoms with Crippen molar-refractivity contribution < 1.29 is 4.39 Å². The van der Waals surface area contributed by atoms with E-state index in [9.17, 15) is 4.39 Å². The number of nitrogens with one attached hydrogen (secondary N) is 1. The number of aryl methyl sites for hydroxylation is 2. The lowest BCUT2D eigenvalue weighted by molar-refractivity contribution is 0.623. The summed E-state index contributed by atoms with van der Waals surface area (Å²) < 4.78 is 13.8. The van der Waals surface area contributed by atoms with Crippen LogP contribution in [0.5, 0.6) is 0 Å². The summed E-state index contributed by atoms with van der Waals surface area (Å²) in [5, 5.41) is 3.02. The number of para-hydroxylation sites is 1. The maximum atomic E-state index is 13.8. The fraction of sp³-hybridized carbons (Fsp3) is 0.143. The van der Waals surface area contributed by atoms with Crippen LogP contribution < -0.4 is 11.1 Å². The monoisotopic (exact) mass is 230 g/mol. The van der Waals surface area contributed by atoms with Crippen LogP contribution in [0, 0.1) is 19.7 Å². The Morgan fingerprint density at radius 2 is 1.53 bits per heavy atom. The summed E-state index contributed by atoms with van der Waals surface area (Å²) in [5.74, 6) is -0.242. The van der Waals surface area contributed by atoms with Gasteiger partial charge in [0.2, 0.25) is 0 Å². The van der Waals surface area contributed by atoms with E-state index in [1.807, 2.05) is 31.2 Å². The second-order valence-corrected chi connectivity index (χ2v) is 4.10. The molecule has 88 valence electrons. The highest BCUT2D eigenvalue weighted by atomic mass is 19.1. The zero-order valence-corrected chi connectivity index (χ0v) is 9.92. The molecule has 2 aromatic rings. The second kappa shape index (κ2) is 4.45. The third-order valence-electron chi connectivity index (χ3n) is 2.79. The number of halogens is 1. The molecule has 0 heterocycles. The quantitative estimate of drug-likeness (QED) is 0.771. The Bertz CT molecular complexity index is 500. The van der Waals surface area contributed by atoms with Gasteiger partial charge in [0.1, 0.15) is 5.82 Å². The highest BCUT2D eigenvalue weighted by Crippen LogP contribution is 2.27. The molecule has 0 saturated heterocycles. The van der Waals surface area contributed by atoms with Crippen LogP contribution in [0.15, 0.2) is 36.4 Å². The van der Waals surface area contributed by atoms with Crippen molar-refractivity contribution in [2.75, 3.05) is 11.1 Å². The van der Waals surface area contributed by atoms with Gasteiger partial charge in [-0.2, -0.15) is 0 Å². The summed E-state index contributed by atoms with van der Waals surface area (Å²) in [7, 11) is 0. The largest absolute Gasteiger partial charge is 0.397 e. The van der Waals surface area contributed by atoms with Gasteiger partial charge in [-0.25, -0.2) is 4.39 Å². The molecule has 0 aliphatic heterocycles. The lowest BCUT2D eigenvalue weighted by Gasteiger charge is -2.12. The van der Waals surface area contributed by atoms with Crippen LogP contribution in [0.4, 0.5) is 21.5 Å². The van der Waals surface area contributed by atoms with Crippen LogP contribution in [0.2, 0.25) is 0 Å². The first-order valence-corrected chi connectivity index (χ1v) is 5.47. The summed E-state index contributed by atoms with van der Waals surface area (Å²) in [6.45, 7) is 3.66. The molecule has 0 aliphatic carbocycles. The van der Waals surface area contributed by atoms with Gasteiger partial charge >= 0.3 is 0 Å². The van der Waals surface area contributed by atoms with E-state index in [4.69, 9.17) is 5.73 Å². The maximum Gasteiger partial charge on any atom is 0.149 e. The smallest absolute Gasteiger partial charge is 0.149 e. The predicted octanol–water partition coefficient (Wildman–Crippen LogP) is 3.77. The highest BCUT2D eigenvalue weighted by Gasteiger charge is 2.07. The summed E-state index contributed by atoms with van der Waals surface area (Å²) in [4.78, 5) is 0. The number of hydrogen-bond acceptors (Lipinski definition) is 2. The average molecular weight is 230 g/mol. The van der Waals surface area contributed by atoms with E-state index in [2.05, 4.69) is 5.32 Å². The zero-order valence-electron chi connectivity index (χ0n) is 9.92.